The number of fused-ring (bicyclic) bond motifs is 1. The minimum absolute atomic E-state index is 0.154. The summed E-state index contributed by atoms with van der Waals surface area (Å²) < 4.78 is 5.97. The second-order valence-electron chi connectivity index (χ2n) is 6.01. The van der Waals surface area contributed by atoms with Crippen LogP contribution in [0.4, 0.5) is 0 Å². The van der Waals surface area contributed by atoms with Crippen LogP contribution in [0, 0.1) is 0 Å². The SMILES string of the molecule is O=C(CCCOc1c(Cl)ccc2c1CCNCC2)c1ccccc1. The summed E-state index contributed by atoms with van der Waals surface area (Å²) in [6.07, 6.45) is 3.09. The Morgan fingerprint density at radius 2 is 1.88 bits per heavy atom. The quantitative estimate of drug-likeness (QED) is 0.634. The average molecular weight is 344 g/mol. The van der Waals surface area contributed by atoms with Gasteiger partial charge in [0.05, 0.1) is 11.6 Å². The number of benzene rings is 2. The fraction of sp³-hybridized carbons (Fsp3) is 0.350. The van der Waals surface area contributed by atoms with Crippen LogP contribution in [0.15, 0.2) is 42.5 Å². The number of ketones is 1. The molecule has 4 heteroatoms. The zero-order chi connectivity index (χ0) is 16.8. The molecule has 2 aromatic rings. The highest BCUT2D eigenvalue weighted by atomic mass is 35.5. The van der Waals surface area contributed by atoms with Gasteiger partial charge in [-0.1, -0.05) is 48.0 Å². The number of ether oxygens (including phenoxy) is 1. The van der Waals surface area contributed by atoms with Crippen molar-refractivity contribution in [2.75, 3.05) is 19.7 Å². The number of carbonyl (C=O) groups is 1. The van der Waals surface area contributed by atoms with Crippen LogP contribution in [-0.2, 0) is 12.8 Å². The van der Waals surface area contributed by atoms with Gasteiger partial charge in [0.25, 0.3) is 0 Å². The van der Waals surface area contributed by atoms with E-state index in [0.29, 0.717) is 24.5 Å². The van der Waals surface area contributed by atoms with Gasteiger partial charge in [-0.25, -0.2) is 0 Å². The third kappa shape index (κ3) is 4.16. The molecular weight excluding hydrogens is 322 g/mol. The number of halogens is 1. The van der Waals surface area contributed by atoms with Crippen molar-refractivity contribution in [3.63, 3.8) is 0 Å². The molecule has 0 radical (unpaired) electrons. The van der Waals surface area contributed by atoms with Gasteiger partial charge in [-0.05, 0) is 44.0 Å². The normalized spacial score (nSPS) is 13.9. The number of Topliss-reactive ketones (excluding diaryl/α,β-unsaturated/α-hetero) is 1. The van der Waals surface area contributed by atoms with Crippen LogP contribution >= 0.6 is 11.6 Å². The van der Waals surface area contributed by atoms with E-state index in [1.54, 1.807) is 0 Å². The van der Waals surface area contributed by atoms with Crippen LogP contribution in [-0.4, -0.2) is 25.5 Å². The first-order chi connectivity index (χ1) is 11.8. The molecule has 0 amide bonds. The molecular formula is C20H22ClNO2. The molecule has 1 aliphatic rings. The van der Waals surface area contributed by atoms with Crippen molar-refractivity contribution in [3.8, 4) is 5.75 Å². The van der Waals surface area contributed by atoms with Crippen molar-refractivity contribution in [2.45, 2.75) is 25.7 Å². The lowest BCUT2D eigenvalue weighted by molar-refractivity contribution is 0.0973. The minimum atomic E-state index is 0.154. The monoisotopic (exact) mass is 343 g/mol. The van der Waals surface area contributed by atoms with E-state index in [9.17, 15) is 4.79 Å². The van der Waals surface area contributed by atoms with Gasteiger partial charge in [-0.15, -0.1) is 0 Å². The molecule has 126 valence electrons. The van der Waals surface area contributed by atoms with Crippen LogP contribution in [0.1, 0.15) is 34.3 Å². The van der Waals surface area contributed by atoms with Crippen molar-refractivity contribution >= 4 is 17.4 Å². The lowest BCUT2D eigenvalue weighted by Gasteiger charge is -2.15. The van der Waals surface area contributed by atoms with E-state index < -0.39 is 0 Å². The van der Waals surface area contributed by atoms with Gasteiger partial charge in [0.2, 0.25) is 0 Å². The molecule has 0 unspecified atom stereocenters. The highest BCUT2D eigenvalue weighted by molar-refractivity contribution is 6.32. The largest absolute Gasteiger partial charge is 0.492 e. The van der Waals surface area contributed by atoms with E-state index in [2.05, 4.69) is 11.4 Å². The molecule has 0 bridgehead atoms. The fourth-order valence-electron chi connectivity index (χ4n) is 3.04. The zero-order valence-corrected chi connectivity index (χ0v) is 14.4. The van der Waals surface area contributed by atoms with E-state index in [0.717, 1.165) is 37.2 Å². The van der Waals surface area contributed by atoms with E-state index in [1.165, 1.54) is 11.1 Å². The van der Waals surface area contributed by atoms with Crippen LogP contribution < -0.4 is 10.1 Å². The number of hydrogen-bond donors (Lipinski definition) is 1. The Hall–Kier alpha value is -1.84. The lowest BCUT2D eigenvalue weighted by atomic mass is 10.0. The average Bonchev–Trinajstić information content (AvgIpc) is 2.86. The third-order valence-electron chi connectivity index (χ3n) is 4.32. The maximum Gasteiger partial charge on any atom is 0.163 e. The third-order valence-corrected chi connectivity index (χ3v) is 4.62. The fourth-order valence-corrected chi connectivity index (χ4v) is 3.27. The number of nitrogens with one attached hydrogen (secondary N) is 1. The molecule has 0 atom stereocenters. The lowest BCUT2D eigenvalue weighted by Crippen LogP contribution is -2.16. The Balaban J connectivity index is 1.58. The maximum absolute atomic E-state index is 12.1. The number of hydrogen-bond acceptors (Lipinski definition) is 3. The van der Waals surface area contributed by atoms with Gasteiger partial charge in [-0.3, -0.25) is 4.79 Å². The van der Waals surface area contributed by atoms with Crippen molar-refractivity contribution in [2.24, 2.45) is 0 Å². The summed E-state index contributed by atoms with van der Waals surface area (Å²) in [5.41, 5.74) is 3.27. The van der Waals surface area contributed by atoms with Gasteiger partial charge in [0, 0.05) is 17.5 Å². The molecule has 0 fully saturated rings. The summed E-state index contributed by atoms with van der Waals surface area (Å²) in [5, 5.41) is 4.06. The van der Waals surface area contributed by atoms with Gasteiger partial charge in [-0.2, -0.15) is 0 Å². The molecule has 3 nitrogen and oxygen atoms in total. The van der Waals surface area contributed by atoms with Crippen molar-refractivity contribution < 1.29 is 9.53 Å². The molecule has 24 heavy (non-hydrogen) atoms. The first-order valence-corrected chi connectivity index (χ1v) is 8.85. The minimum Gasteiger partial charge on any atom is -0.492 e. The van der Waals surface area contributed by atoms with Crippen molar-refractivity contribution in [3.05, 3.63) is 64.2 Å². The zero-order valence-electron chi connectivity index (χ0n) is 13.7. The summed E-state index contributed by atoms with van der Waals surface area (Å²) in [6, 6.07) is 13.4. The molecule has 0 aliphatic carbocycles. The first-order valence-electron chi connectivity index (χ1n) is 8.48. The summed E-state index contributed by atoms with van der Waals surface area (Å²) >= 11 is 6.34. The van der Waals surface area contributed by atoms with E-state index in [4.69, 9.17) is 16.3 Å². The van der Waals surface area contributed by atoms with Crippen LogP contribution in [0.5, 0.6) is 5.75 Å². The first kappa shape index (κ1) is 17.0. The van der Waals surface area contributed by atoms with Crippen LogP contribution in [0.25, 0.3) is 0 Å². The molecule has 1 aliphatic heterocycles. The summed E-state index contributed by atoms with van der Waals surface area (Å²) in [6.45, 7) is 2.43. The Morgan fingerprint density at radius 3 is 2.71 bits per heavy atom. The van der Waals surface area contributed by atoms with Gasteiger partial charge >= 0.3 is 0 Å². The van der Waals surface area contributed by atoms with E-state index in [1.807, 2.05) is 36.4 Å². The number of rotatable bonds is 6. The van der Waals surface area contributed by atoms with Gasteiger partial charge in [0.15, 0.2) is 5.78 Å². The molecule has 2 aromatic carbocycles. The Morgan fingerprint density at radius 1 is 1.08 bits per heavy atom. The van der Waals surface area contributed by atoms with Crippen LogP contribution in [0.2, 0.25) is 5.02 Å². The van der Waals surface area contributed by atoms with Crippen molar-refractivity contribution in [1.29, 1.82) is 0 Å². The highest BCUT2D eigenvalue weighted by Gasteiger charge is 2.16. The molecule has 0 spiro atoms. The Labute approximate surface area is 148 Å². The molecule has 1 heterocycles. The summed E-state index contributed by atoms with van der Waals surface area (Å²) in [4.78, 5) is 12.1. The van der Waals surface area contributed by atoms with E-state index >= 15 is 0 Å². The second kappa shape index (κ2) is 8.32. The summed E-state index contributed by atoms with van der Waals surface area (Å²) in [7, 11) is 0. The van der Waals surface area contributed by atoms with E-state index in [-0.39, 0.29) is 5.78 Å². The molecule has 0 saturated heterocycles. The molecule has 0 aromatic heterocycles. The standard InChI is InChI=1S/C20H22ClNO2/c21-18-9-8-15-10-12-22-13-11-17(15)20(18)24-14-4-7-19(23)16-5-2-1-3-6-16/h1-3,5-6,8-9,22H,4,7,10-14H2. The number of carbonyl (C=O) groups excluding carboxylic acids is 1. The van der Waals surface area contributed by atoms with Crippen molar-refractivity contribution in [1.82, 2.24) is 5.32 Å². The Bertz CT molecular complexity index is 700. The van der Waals surface area contributed by atoms with Crippen LogP contribution in [0.3, 0.4) is 0 Å². The topological polar surface area (TPSA) is 38.3 Å². The predicted molar refractivity (Wildman–Crippen MR) is 97.2 cm³/mol. The molecule has 3 rings (SSSR count). The smallest absolute Gasteiger partial charge is 0.163 e. The molecule has 1 N–H and O–H groups in total. The molecule has 0 saturated carbocycles. The maximum atomic E-state index is 12.1. The predicted octanol–water partition coefficient (Wildman–Crippen LogP) is 4.07. The van der Waals surface area contributed by atoms with Gasteiger partial charge < -0.3 is 10.1 Å². The van der Waals surface area contributed by atoms with Gasteiger partial charge in [0.1, 0.15) is 5.75 Å². The Kier molecular flexibility index (Phi) is 5.89. The highest BCUT2D eigenvalue weighted by Crippen LogP contribution is 2.33. The summed E-state index contributed by atoms with van der Waals surface area (Å²) in [5.74, 6) is 0.950. The second-order valence-corrected chi connectivity index (χ2v) is 6.41.